The zero-order valence-corrected chi connectivity index (χ0v) is 12.3. The third-order valence-corrected chi connectivity index (χ3v) is 5.93. The molecule has 1 fully saturated rings. The molecule has 1 aromatic carbocycles. The summed E-state index contributed by atoms with van der Waals surface area (Å²) in [5.41, 5.74) is 6.68. The van der Waals surface area contributed by atoms with Gasteiger partial charge in [0.25, 0.3) is 0 Å². The van der Waals surface area contributed by atoms with Crippen LogP contribution in [0.25, 0.3) is 0 Å². The number of thioether (sulfide) groups is 1. The van der Waals surface area contributed by atoms with Crippen molar-refractivity contribution >= 4 is 39.1 Å². The van der Waals surface area contributed by atoms with E-state index in [-0.39, 0.29) is 10.9 Å². The number of benzene rings is 1. The van der Waals surface area contributed by atoms with E-state index >= 15 is 0 Å². The molecule has 18 heavy (non-hydrogen) atoms. The fourth-order valence-corrected chi connectivity index (χ4v) is 4.98. The quantitative estimate of drug-likeness (QED) is 0.838. The molecule has 2 rings (SSSR count). The standard InChI is InChI=1S/C11H15ClN2O2S2/c1-7-10(13)4-8(12)5-11(7)18(15,16)14-9-2-3-17-6-9/h4-5,9,14H,2-3,6,13H2,1H3. The highest BCUT2D eigenvalue weighted by Gasteiger charge is 2.25. The molecule has 7 heteroatoms. The molecular formula is C11H15ClN2O2S2. The van der Waals surface area contributed by atoms with E-state index in [0.717, 1.165) is 17.9 Å². The molecule has 0 aromatic heterocycles. The van der Waals surface area contributed by atoms with E-state index in [1.165, 1.54) is 6.07 Å². The summed E-state index contributed by atoms with van der Waals surface area (Å²) in [6.07, 6.45) is 0.860. The normalized spacial score (nSPS) is 20.2. The van der Waals surface area contributed by atoms with E-state index in [4.69, 9.17) is 17.3 Å². The summed E-state index contributed by atoms with van der Waals surface area (Å²) in [6.45, 7) is 1.68. The van der Waals surface area contributed by atoms with Gasteiger partial charge in [-0.05, 0) is 36.8 Å². The van der Waals surface area contributed by atoms with E-state index in [9.17, 15) is 8.42 Å². The largest absolute Gasteiger partial charge is 0.398 e. The summed E-state index contributed by atoms with van der Waals surface area (Å²) in [7, 11) is -3.55. The zero-order valence-electron chi connectivity index (χ0n) is 9.94. The molecule has 3 N–H and O–H groups in total. The van der Waals surface area contributed by atoms with Crippen molar-refractivity contribution < 1.29 is 8.42 Å². The van der Waals surface area contributed by atoms with E-state index in [1.54, 1.807) is 24.8 Å². The Morgan fingerprint density at radius 3 is 2.83 bits per heavy atom. The van der Waals surface area contributed by atoms with Gasteiger partial charge in [-0.25, -0.2) is 13.1 Å². The van der Waals surface area contributed by atoms with Crippen LogP contribution in [0.4, 0.5) is 5.69 Å². The molecule has 0 spiro atoms. The van der Waals surface area contributed by atoms with Gasteiger partial charge in [-0.2, -0.15) is 11.8 Å². The van der Waals surface area contributed by atoms with Crippen LogP contribution in [-0.2, 0) is 10.0 Å². The number of hydrogen-bond acceptors (Lipinski definition) is 4. The van der Waals surface area contributed by atoms with Crippen molar-refractivity contribution in [2.45, 2.75) is 24.3 Å². The van der Waals surface area contributed by atoms with Crippen LogP contribution < -0.4 is 10.5 Å². The van der Waals surface area contributed by atoms with Crippen LogP contribution in [0.3, 0.4) is 0 Å². The number of nitrogens with one attached hydrogen (secondary N) is 1. The predicted molar refractivity (Wildman–Crippen MR) is 76.7 cm³/mol. The van der Waals surface area contributed by atoms with E-state index in [1.807, 2.05) is 0 Å². The fourth-order valence-electron chi connectivity index (χ4n) is 1.86. The molecule has 1 aromatic rings. The molecule has 0 amide bonds. The molecule has 0 radical (unpaired) electrons. The molecule has 1 atom stereocenters. The van der Waals surface area contributed by atoms with Gasteiger partial charge in [-0.1, -0.05) is 11.6 Å². The first-order valence-electron chi connectivity index (χ1n) is 5.56. The second-order valence-electron chi connectivity index (χ2n) is 4.30. The van der Waals surface area contributed by atoms with Crippen molar-refractivity contribution in [1.82, 2.24) is 4.72 Å². The van der Waals surface area contributed by atoms with Crippen molar-refractivity contribution in [2.24, 2.45) is 0 Å². The van der Waals surface area contributed by atoms with E-state index in [0.29, 0.717) is 16.3 Å². The number of rotatable bonds is 3. The second-order valence-corrected chi connectivity index (χ2v) is 7.57. The lowest BCUT2D eigenvalue weighted by Gasteiger charge is -2.15. The average Bonchev–Trinajstić information content (AvgIpc) is 2.75. The Hall–Kier alpha value is -0.430. The van der Waals surface area contributed by atoms with Crippen molar-refractivity contribution in [3.05, 3.63) is 22.7 Å². The van der Waals surface area contributed by atoms with Crippen LogP contribution in [0.5, 0.6) is 0 Å². The van der Waals surface area contributed by atoms with Crippen molar-refractivity contribution in [1.29, 1.82) is 0 Å². The average molecular weight is 307 g/mol. The van der Waals surface area contributed by atoms with E-state index < -0.39 is 10.0 Å². The topological polar surface area (TPSA) is 72.2 Å². The molecule has 1 aliphatic rings. The van der Waals surface area contributed by atoms with Gasteiger partial charge in [0.1, 0.15) is 0 Å². The first-order valence-corrected chi connectivity index (χ1v) is 8.57. The molecule has 1 unspecified atom stereocenters. The van der Waals surface area contributed by atoms with Gasteiger partial charge in [0, 0.05) is 22.5 Å². The van der Waals surface area contributed by atoms with Gasteiger partial charge in [0.15, 0.2) is 0 Å². The maximum absolute atomic E-state index is 12.3. The highest BCUT2D eigenvalue weighted by molar-refractivity contribution is 7.99. The Bertz CT molecular complexity index is 554. The van der Waals surface area contributed by atoms with Gasteiger partial charge >= 0.3 is 0 Å². The van der Waals surface area contributed by atoms with Crippen molar-refractivity contribution in [3.8, 4) is 0 Å². The monoisotopic (exact) mass is 306 g/mol. The van der Waals surface area contributed by atoms with Gasteiger partial charge in [-0.3, -0.25) is 0 Å². The Labute approximate surface area is 116 Å². The highest BCUT2D eigenvalue weighted by Crippen LogP contribution is 2.27. The molecular weight excluding hydrogens is 292 g/mol. The minimum Gasteiger partial charge on any atom is -0.398 e. The van der Waals surface area contributed by atoms with Crippen LogP contribution >= 0.6 is 23.4 Å². The minimum atomic E-state index is -3.55. The third kappa shape index (κ3) is 2.93. The summed E-state index contributed by atoms with van der Waals surface area (Å²) >= 11 is 7.62. The molecule has 0 aliphatic carbocycles. The predicted octanol–water partition coefficient (Wildman–Crippen LogP) is 2.01. The van der Waals surface area contributed by atoms with Crippen LogP contribution in [0, 0.1) is 6.92 Å². The Balaban J connectivity index is 2.34. The number of hydrogen-bond donors (Lipinski definition) is 2. The first kappa shape index (κ1) is 14.0. The van der Waals surface area contributed by atoms with Crippen LogP contribution in [-0.4, -0.2) is 26.0 Å². The van der Waals surface area contributed by atoms with Gasteiger partial charge < -0.3 is 5.73 Å². The minimum absolute atomic E-state index is 0.000365. The maximum Gasteiger partial charge on any atom is 0.241 e. The third-order valence-electron chi connectivity index (χ3n) is 2.91. The summed E-state index contributed by atoms with van der Waals surface area (Å²) in [5.74, 6) is 1.80. The fraction of sp³-hybridized carbons (Fsp3) is 0.455. The van der Waals surface area contributed by atoms with Crippen LogP contribution in [0.2, 0.25) is 5.02 Å². The molecule has 0 saturated carbocycles. The number of sulfonamides is 1. The smallest absolute Gasteiger partial charge is 0.241 e. The molecule has 1 heterocycles. The van der Waals surface area contributed by atoms with Crippen molar-refractivity contribution in [3.63, 3.8) is 0 Å². The zero-order chi connectivity index (χ0) is 13.3. The Kier molecular flexibility index (Phi) is 4.11. The molecule has 100 valence electrons. The molecule has 1 aliphatic heterocycles. The van der Waals surface area contributed by atoms with Crippen molar-refractivity contribution in [2.75, 3.05) is 17.2 Å². The number of nitrogens with two attached hydrogens (primary N) is 1. The van der Waals surface area contributed by atoms with E-state index in [2.05, 4.69) is 4.72 Å². The lowest BCUT2D eigenvalue weighted by molar-refractivity contribution is 0.562. The lowest BCUT2D eigenvalue weighted by Crippen LogP contribution is -2.35. The summed E-state index contributed by atoms with van der Waals surface area (Å²) in [6, 6.07) is 3.00. The van der Waals surface area contributed by atoms with Crippen LogP contribution in [0.1, 0.15) is 12.0 Å². The lowest BCUT2D eigenvalue weighted by atomic mass is 10.2. The van der Waals surface area contributed by atoms with Crippen LogP contribution in [0.15, 0.2) is 17.0 Å². The Morgan fingerprint density at radius 1 is 1.50 bits per heavy atom. The molecule has 0 bridgehead atoms. The first-order chi connectivity index (χ1) is 8.40. The Morgan fingerprint density at radius 2 is 2.22 bits per heavy atom. The van der Waals surface area contributed by atoms with Gasteiger partial charge in [0.2, 0.25) is 10.0 Å². The second kappa shape index (κ2) is 5.28. The van der Waals surface area contributed by atoms with Gasteiger partial charge in [-0.15, -0.1) is 0 Å². The summed E-state index contributed by atoms with van der Waals surface area (Å²) in [5, 5.41) is 0.333. The maximum atomic E-state index is 12.3. The molecule has 1 saturated heterocycles. The summed E-state index contributed by atoms with van der Waals surface area (Å²) in [4.78, 5) is 0.171. The number of halogens is 1. The highest BCUT2D eigenvalue weighted by atomic mass is 35.5. The number of nitrogen functional groups attached to an aromatic ring is 1. The number of anilines is 1. The molecule has 4 nitrogen and oxygen atoms in total. The summed E-state index contributed by atoms with van der Waals surface area (Å²) < 4.78 is 27.3. The van der Waals surface area contributed by atoms with Gasteiger partial charge in [0.05, 0.1) is 4.90 Å². The SMILES string of the molecule is Cc1c(N)cc(Cl)cc1S(=O)(=O)NC1CCSC1.